The zero-order chi connectivity index (χ0) is 14.0. The first-order chi connectivity index (χ1) is 8.17. The van der Waals surface area contributed by atoms with E-state index in [1.165, 1.54) is 0 Å². The van der Waals surface area contributed by atoms with Crippen LogP contribution in [0.3, 0.4) is 0 Å². The molecule has 1 aliphatic carbocycles. The average Bonchev–Trinajstić information content (AvgIpc) is 2.26. The van der Waals surface area contributed by atoms with Gasteiger partial charge in [0.1, 0.15) is 0 Å². The number of carboxylic acids is 1. The van der Waals surface area contributed by atoms with E-state index in [2.05, 4.69) is 12.2 Å². The van der Waals surface area contributed by atoms with Crippen LogP contribution in [0, 0.1) is 11.3 Å². The van der Waals surface area contributed by atoms with Crippen molar-refractivity contribution in [2.24, 2.45) is 17.1 Å². The molecule has 18 heavy (non-hydrogen) atoms. The third kappa shape index (κ3) is 3.45. The van der Waals surface area contributed by atoms with Gasteiger partial charge in [0, 0.05) is 6.54 Å². The molecule has 0 aromatic carbocycles. The van der Waals surface area contributed by atoms with Gasteiger partial charge < -0.3 is 16.2 Å². The lowest BCUT2D eigenvalue weighted by atomic mass is 9.70. The number of rotatable bonds is 4. The van der Waals surface area contributed by atoms with Crippen molar-refractivity contribution >= 4 is 11.9 Å². The molecule has 0 bridgehead atoms. The third-order valence-electron chi connectivity index (χ3n) is 3.86. The number of nitrogens with one attached hydrogen (secondary N) is 1. The van der Waals surface area contributed by atoms with Crippen molar-refractivity contribution in [3.8, 4) is 0 Å². The predicted octanol–water partition coefficient (Wildman–Crippen LogP) is 1.12. The monoisotopic (exact) mass is 256 g/mol. The number of carbonyl (C=O) groups is 2. The van der Waals surface area contributed by atoms with Crippen molar-refractivity contribution in [1.82, 2.24) is 5.32 Å². The van der Waals surface area contributed by atoms with Crippen LogP contribution < -0.4 is 11.1 Å². The maximum Gasteiger partial charge on any atom is 0.311 e. The van der Waals surface area contributed by atoms with Gasteiger partial charge >= 0.3 is 5.97 Å². The molecule has 0 aliphatic heterocycles. The Labute approximate surface area is 108 Å². The normalized spacial score (nSPS) is 28.8. The Bertz CT molecular complexity index is 326. The maximum absolute atomic E-state index is 11.7. The second-order valence-electron chi connectivity index (χ2n) is 6.17. The van der Waals surface area contributed by atoms with Crippen LogP contribution >= 0.6 is 0 Å². The molecule has 0 heterocycles. The van der Waals surface area contributed by atoms with E-state index in [0.717, 1.165) is 12.8 Å². The van der Waals surface area contributed by atoms with Crippen molar-refractivity contribution in [3.05, 3.63) is 0 Å². The Morgan fingerprint density at radius 1 is 1.39 bits per heavy atom. The second-order valence-corrected chi connectivity index (χ2v) is 6.17. The zero-order valence-electron chi connectivity index (χ0n) is 11.5. The summed E-state index contributed by atoms with van der Waals surface area (Å²) in [4.78, 5) is 23.2. The molecule has 0 radical (unpaired) electrons. The number of amides is 1. The average molecular weight is 256 g/mol. The molecule has 0 atom stereocenters. The number of aliphatic carboxylic acids is 1. The van der Waals surface area contributed by atoms with E-state index in [9.17, 15) is 14.7 Å². The van der Waals surface area contributed by atoms with E-state index in [1.807, 2.05) is 0 Å². The largest absolute Gasteiger partial charge is 0.481 e. The van der Waals surface area contributed by atoms with Gasteiger partial charge in [0.2, 0.25) is 5.91 Å². The highest BCUT2D eigenvalue weighted by molar-refractivity contribution is 5.86. The maximum atomic E-state index is 11.7. The van der Waals surface area contributed by atoms with Crippen LogP contribution in [0.2, 0.25) is 0 Å². The van der Waals surface area contributed by atoms with Gasteiger partial charge in [-0.3, -0.25) is 9.59 Å². The summed E-state index contributed by atoms with van der Waals surface area (Å²) < 4.78 is 0. The summed E-state index contributed by atoms with van der Waals surface area (Å²) in [5.41, 5.74) is 3.89. The van der Waals surface area contributed by atoms with Gasteiger partial charge in [-0.1, -0.05) is 6.92 Å². The Hall–Kier alpha value is -1.10. The Balaban J connectivity index is 2.65. The number of carboxylic acid groups (broad SMARTS) is 1. The Morgan fingerprint density at radius 3 is 2.28 bits per heavy atom. The number of hydrogen-bond acceptors (Lipinski definition) is 3. The standard InChI is InChI=1S/C13H24N2O3/c1-9-4-6-13(7-5-9,11(17)18)8-15-10(16)12(2,3)14/h9H,4-8,14H2,1-3H3,(H,15,16)(H,17,18). The quantitative estimate of drug-likeness (QED) is 0.702. The fraction of sp³-hybridized carbons (Fsp3) is 0.846. The zero-order valence-corrected chi connectivity index (χ0v) is 11.5. The van der Waals surface area contributed by atoms with Crippen molar-refractivity contribution in [2.75, 3.05) is 6.54 Å². The lowest BCUT2D eigenvalue weighted by Crippen LogP contribution is -2.53. The summed E-state index contributed by atoms with van der Waals surface area (Å²) in [7, 11) is 0. The first-order valence-corrected chi connectivity index (χ1v) is 6.48. The van der Waals surface area contributed by atoms with Crippen molar-refractivity contribution < 1.29 is 14.7 Å². The minimum Gasteiger partial charge on any atom is -0.481 e. The van der Waals surface area contributed by atoms with E-state index in [4.69, 9.17) is 5.73 Å². The first-order valence-electron chi connectivity index (χ1n) is 6.48. The fourth-order valence-corrected chi connectivity index (χ4v) is 2.26. The van der Waals surface area contributed by atoms with Gasteiger partial charge in [0.05, 0.1) is 11.0 Å². The van der Waals surface area contributed by atoms with Gasteiger partial charge in [-0.25, -0.2) is 0 Å². The molecule has 0 spiro atoms. The molecule has 0 aromatic heterocycles. The van der Waals surface area contributed by atoms with Crippen LogP contribution in [0.5, 0.6) is 0 Å². The summed E-state index contributed by atoms with van der Waals surface area (Å²) >= 11 is 0. The highest BCUT2D eigenvalue weighted by Crippen LogP contribution is 2.38. The van der Waals surface area contributed by atoms with Crippen molar-refractivity contribution in [2.45, 2.75) is 52.0 Å². The molecule has 0 unspecified atom stereocenters. The Morgan fingerprint density at radius 2 is 1.89 bits per heavy atom. The van der Waals surface area contributed by atoms with Crippen LogP contribution in [0.1, 0.15) is 46.5 Å². The number of nitrogens with two attached hydrogens (primary N) is 1. The lowest BCUT2D eigenvalue weighted by Gasteiger charge is -2.36. The molecular formula is C13H24N2O3. The van der Waals surface area contributed by atoms with Crippen LogP contribution in [0.25, 0.3) is 0 Å². The number of carbonyl (C=O) groups excluding carboxylic acids is 1. The lowest BCUT2D eigenvalue weighted by molar-refractivity contribution is -0.151. The molecule has 5 nitrogen and oxygen atoms in total. The minimum atomic E-state index is -0.971. The molecule has 0 aromatic rings. The van der Waals surface area contributed by atoms with Gasteiger partial charge in [0.25, 0.3) is 0 Å². The summed E-state index contributed by atoms with van der Waals surface area (Å²) in [5, 5.41) is 12.1. The van der Waals surface area contributed by atoms with Gasteiger partial charge in [-0.15, -0.1) is 0 Å². The SMILES string of the molecule is CC1CCC(CNC(=O)C(C)(C)N)(C(=O)O)CC1. The molecule has 1 amide bonds. The molecule has 104 valence electrons. The van der Waals surface area contributed by atoms with E-state index < -0.39 is 16.9 Å². The highest BCUT2D eigenvalue weighted by Gasteiger charge is 2.41. The van der Waals surface area contributed by atoms with E-state index in [0.29, 0.717) is 18.8 Å². The first kappa shape index (κ1) is 15.0. The molecule has 1 aliphatic rings. The van der Waals surface area contributed by atoms with Gasteiger partial charge in [-0.05, 0) is 45.4 Å². The predicted molar refractivity (Wildman–Crippen MR) is 69.0 cm³/mol. The second kappa shape index (κ2) is 5.26. The highest BCUT2D eigenvalue weighted by atomic mass is 16.4. The van der Waals surface area contributed by atoms with Crippen LogP contribution in [-0.4, -0.2) is 29.1 Å². The molecular weight excluding hydrogens is 232 g/mol. The van der Waals surface area contributed by atoms with Crippen molar-refractivity contribution in [1.29, 1.82) is 0 Å². The van der Waals surface area contributed by atoms with E-state index >= 15 is 0 Å². The minimum absolute atomic E-state index is 0.175. The molecule has 1 fully saturated rings. The molecule has 1 rings (SSSR count). The summed E-state index contributed by atoms with van der Waals surface area (Å²) in [6.45, 7) is 5.53. The van der Waals surface area contributed by atoms with Crippen LogP contribution in [-0.2, 0) is 9.59 Å². The fourth-order valence-electron chi connectivity index (χ4n) is 2.26. The van der Waals surface area contributed by atoms with Crippen LogP contribution in [0.15, 0.2) is 0 Å². The Kier molecular flexibility index (Phi) is 4.37. The van der Waals surface area contributed by atoms with E-state index in [1.54, 1.807) is 13.8 Å². The van der Waals surface area contributed by atoms with Crippen molar-refractivity contribution in [3.63, 3.8) is 0 Å². The number of hydrogen-bond donors (Lipinski definition) is 3. The van der Waals surface area contributed by atoms with E-state index in [-0.39, 0.29) is 12.5 Å². The topological polar surface area (TPSA) is 92.4 Å². The summed E-state index contributed by atoms with van der Waals surface area (Å²) in [6.07, 6.45) is 3.03. The van der Waals surface area contributed by atoms with Gasteiger partial charge in [0.15, 0.2) is 0 Å². The van der Waals surface area contributed by atoms with Crippen LogP contribution in [0.4, 0.5) is 0 Å². The van der Waals surface area contributed by atoms with Gasteiger partial charge in [-0.2, -0.15) is 0 Å². The molecule has 5 heteroatoms. The smallest absolute Gasteiger partial charge is 0.311 e. The molecule has 4 N–H and O–H groups in total. The molecule has 1 saturated carbocycles. The summed E-state index contributed by atoms with van der Waals surface area (Å²) in [6, 6.07) is 0. The molecule has 0 saturated heterocycles. The third-order valence-corrected chi connectivity index (χ3v) is 3.86. The summed E-state index contributed by atoms with van der Waals surface area (Å²) in [5.74, 6) is -0.551.